The number of amides is 1. The summed E-state index contributed by atoms with van der Waals surface area (Å²) in [5, 5.41) is 11.1. The maximum Gasteiger partial charge on any atom is 0.230 e. The number of rotatable bonds is 6. The molecule has 24 heavy (non-hydrogen) atoms. The van der Waals surface area contributed by atoms with Crippen LogP contribution in [0.25, 0.3) is 10.8 Å². The Morgan fingerprint density at radius 3 is 2.58 bits per heavy atom. The summed E-state index contributed by atoms with van der Waals surface area (Å²) in [5.74, 6) is 0.859. The second kappa shape index (κ2) is 14.7. The molecular formula is C15H18FFmN2O4S-. The number of carbonyl (C=O) groups excluding carboxylic acids is 2. The number of nitrogens with zero attached hydrogens (tertiary/aromatic N) is 1. The number of fused-ring (bicyclic) bond motifs is 1. The van der Waals surface area contributed by atoms with Crippen molar-refractivity contribution in [3.63, 3.8) is 0 Å². The molecule has 1 amide bonds. The number of aromatic nitrogens is 1. The van der Waals surface area contributed by atoms with Crippen molar-refractivity contribution in [1.29, 1.82) is 0 Å². The Morgan fingerprint density at radius 2 is 2.08 bits per heavy atom. The molecule has 1 aromatic carbocycles. The second-order valence-corrected chi connectivity index (χ2v) is 4.60. The molecule has 0 aliphatic heterocycles. The van der Waals surface area contributed by atoms with Crippen molar-refractivity contribution in [3.8, 4) is 5.88 Å². The number of ether oxygens (including phenoxy) is 1. The van der Waals surface area contributed by atoms with Crippen LogP contribution in [0.5, 0.6) is 5.88 Å². The standard InChI is InChI=1S/C11H8FN2O2.C3H6OS.CH4O.Fm/c12-6-16-11-4-8-1-2-10(14-7-15)3-9(8)5-13-11;1-5-3-2-4;1-2;/h1-5H,6H2,(H,14,15);2H,3H2,1H3;2H,1H3;/q-1;;;. The number of alkyl halides is 1. The van der Waals surface area contributed by atoms with E-state index in [1.54, 1.807) is 36.9 Å². The topological polar surface area (TPSA) is 88.5 Å². The van der Waals surface area contributed by atoms with Crippen molar-refractivity contribution < 1.29 is 23.8 Å². The quantitative estimate of drug-likeness (QED) is 0.301. The molecule has 0 radical (unpaired) electrons. The zero-order valence-electron chi connectivity index (χ0n) is 13.1. The van der Waals surface area contributed by atoms with E-state index in [4.69, 9.17) is 5.11 Å². The molecular weight excluding hydrogens is 580 g/mol. The number of benzene rings is 1. The van der Waals surface area contributed by atoms with Gasteiger partial charge in [-0.3, -0.25) is 0 Å². The Morgan fingerprint density at radius 1 is 1.38 bits per heavy atom. The van der Waals surface area contributed by atoms with Gasteiger partial charge in [-0.15, -0.1) is 17.8 Å². The van der Waals surface area contributed by atoms with Gasteiger partial charge < -0.3 is 24.7 Å². The molecule has 138 valence electrons. The number of anilines is 1. The van der Waals surface area contributed by atoms with E-state index in [2.05, 4.69) is 15.0 Å². The molecule has 1 heterocycles. The third kappa shape index (κ3) is 8.30. The number of aliphatic hydroxyl groups excluding tert-OH is 1. The Balaban J connectivity index is 0. The summed E-state index contributed by atoms with van der Waals surface area (Å²) in [6.07, 6.45) is 5.93. The van der Waals surface area contributed by atoms with E-state index in [0.717, 1.165) is 24.2 Å². The molecule has 0 saturated carbocycles. The molecule has 9 heteroatoms. The van der Waals surface area contributed by atoms with Gasteiger partial charge in [0.25, 0.3) is 0 Å². The van der Waals surface area contributed by atoms with Gasteiger partial charge in [-0.1, -0.05) is 6.07 Å². The third-order valence-corrected chi connectivity index (χ3v) is 2.80. The molecule has 0 unspecified atom stereocenters. The minimum absolute atomic E-state index is 0. The van der Waals surface area contributed by atoms with Crippen LogP contribution >= 0.6 is 11.8 Å². The molecule has 0 bridgehead atoms. The molecule has 0 saturated heterocycles. The first-order valence-corrected chi connectivity index (χ1v) is 7.73. The molecule has 0 fully saturated rings. The van der Waals surface area contributed by atoms with Gasteiger partial charge in [0, 0.05) is 25.1 Å². The molecule has 2 N–H and O–H groups in total. The number of halogens is 1. The number of thioether (sulfide) groups is 1. The van der Waals surface area contributed by atoms with Gasteiger partial charge >= 0.3 is 0 Å². The molecule has 0 aliphatic carbocycles. The van der Waals surface area contributed by atoms with E-state index in [-0.39, 0.29) is 5.88 Å². The molecule has 2 rings (SSSR count). The Kier molecular flexibility index (Phi) is 14.2. The molecule has 2 aromatic rings. The fourth-order valence-corrected chi connectivity index (χ4v) is 1.60. The first-order valence-electron chi connectivity index (χ1n) is 6.34. The number of aldehydes is 1. The van der Waals surface area contributed by atoms with E-state index < -0.39 is 6.86 Å². The third-order valence-electron chi connectivity index (χ3n) is 2.33. The van der Waals surface area contributed by atoms with Crippen LogP contribution in [0.15, 0.2) is 30.5 Å². The number of nitrogens with one attached hydrogen (secondary N) is 1. The Hall–Kier alpha value is -3.19. The van der Waals surface area contributed by atoms with E-state index in [9.17, 15) is 14.0 Å². The van der Waals surface area contributed by atoms with E-state index in [0.29, 0.717) is 11.4 Å². The summed E-state index contributed by atoms with van der Waals surface area (Å²) in [5.41, 5.74) is 0.628. The number of carbonyl (C=O) groups is 1. The zero-order chi connectivity index (χ0) is 17.5. The first-order chi connectivity index (χ1) is 11.2. The van der Waals surface area contributed by atoms with Gasteiger partial charge in [0.05, 0.1) is 6.41 Å². The largest absolute Gasteiger partial charge is 0.490 e. The maximum atomic E-state index is 11.9. The predicted molar refractivity (Wildman–Crippen MR) is 90.3 cm³/mol. The maximum absolute atomic E-state index is 11.9. The van der Waals surface area contributed by atoms with Crippen molar-refractivity contribution in [1.82, 2.24) is 4.98 Å². The monoisotopic (exact) mass is 598 g/mol. The summed E-state index contributed by atoms with van der Waals surface area (Å²) >= 11 is 1.53. The molecule has 1 aromatic heterocycles. The number of aliphatic hydroxyl groups is 1. The smallest absolute Gasteiger partial charge is 0.230 e. The average Bonchev–Trinajstić information content (AvgIpc) is 2.59. The summed E-state index contributed by atoms with van der Waals surface area (Å²) in [4.78, 5) is 23.4. The molecule has 0 atom stereocenters. The van der Waals surface area contributed by atoms with E-state index in [1.807, 2.05) is 6.26 Å². The van der Waals surface area contributed by atoms with Crippen molar-refractivity contribution >= 4 is 40.9 Å². The van der Waals surface area contributed by atoms with Crippen LogP contribution in [0.1, 0.15) is 0 Å². The minimum Gasteiger partial charge on any atom is -0.490 e. The number of hydrogen-bond acceptors (Lipinski definition) is 6. The van der Waals surface area contributed by atoms with Gasteiger partial charge in [-0.2, -0.15) is 11.8 Å². The SMILES string of the molecule is CO.CSCC=O.O=[C-]Nc1ccc2cc(OCF)ncc2c1.[Fm]. The van der Waals surface area contributed by atoms with Crippen molar-refractivity contribution in [2.45, 2.75) is 0 Å². The average molecular weight is 598 g/mol. The van der Waals surface area contributed by atoms with E-state index >= 15 is 0 Å². The van der Waals surface area contributed by atoms with Crippen molar-refractivity contribution in [3.05, 3.63) is 30.5 Å². The van der Waals surface area contributed by atoms with Gasteiger partial charge in [0.15, 0.2) is 0 Å². The van der Waals surface area contributed by atoms with Gasteiger partial charge in [-0.25, -0.2) is 9.37 Å². The first kappa shape index (κ1) is 23.1. The summed E-state index contributed by atoms with van der Waals surface area (Å²) in [6.45, 7) is -0.905. The fourth-order valence-electron chi connectivity index (χ4n) is 1.46. The summed E-state index contributed by atoms with van der Waals surface area (Å²) in [6, 6.07) is 6.87. The van der Waals surface area contributed by atoms with Crippen molar-refractivity contribution in [2.24, 2.45) is 0 Å². The van der Waals surface area contributed by atoms with Crippen LogP contribution in [0.3, 0.4) is 0 Å². The molecule has 6 nitrogen and oxygen atoms in total. The second-order valence-electron chi connectivity index (χ2n) is 3.69. The number of pyridine rings is 1. The van der Waals surface area contributed by atoms with Crippen LogP contribution < -0.4 is 10.1 Å². The van der Waals surface area contributed by atoms with Crippen LogP contribution in [-0.4, -0.2) is 48.8 Å². The number of hydrogen-bond donors (Lipinski definition) is 2. The van der Waals surface area contributed by atoms with Crippen LogP contribution in [-0.2, 0) is 9.59 Å². The molecule has 0 spiro atoms. The van der Waals surface area contributed by atoms with Crippen LogP contribution in [0.2, 0.25) is 0 Å². The van der Waals surface area contributed by atoms with Crippen molar-refractivity contribution in [2.75, 3.05) is 31.3 Å². The van der Waals surface area contributed by atoms with Gasteiger partial charge in [-0.05, 0) is 17.0 Å². The van der Waals surface area contributed by atoms with E-state index in [1.165, 1.54) is 11.8 Å². The molecule has 0 aliphatic rings. The Bertz CT molecular complexity index is 605. The zero-order valence-corrected chi connectivity index (χ0v) is 16.3. The predicted octanol–water partition coefficient (Wildman–Crippen LogP) is 2.18. The normalized spacial score (nSPS) is 8.50. The summed E-state index contributed by atoms with van der Waals surface area (Å²) < 4.78 is 16.6. The van der Waals surface area contributed by atoms with Crippen LogP contribution in [0, 0.1) is 0 Å². The Labute approximate surface area is 138 Å². The van der Waals surface area contributed by atoms with Gasteiger partial charge in [0.2, 0.25) is 12.7 Å². The fraction of sp³-hybridized carbons (Fsp3) is 0.267. The minimum atomic E-state index is -0.905. The summed E-state index contributed by atoms with van der Waals surface area (Å²) in [7, 11) is 1.00. The van der Waals surface area contributed by atoms with Crippen LogP contribution in [0.4, 0.5) is 10.1 Å². The van der Waals surface area contributed by atoms with Gasteiger partial charge in [0.1, 0.15) is 6.29 Å².